The Balaban J connectivity index is 2.63. The van der Waals surface area contributed by atoms with Crippen LogP contribution in [0.15, 0.2) is 36.4 Å². The lowest BCUT2D eigenvalue weighted by molar-refractivity contribution is 0.0690. The minimum atomic E-state index is -1.20. The van der Waals surface area contributed by atoms with Crippen LogP contribution in [-0.2, 0) is 0 Å². The summed E-state index contributed by atoms with van der Waals surface area (Å²) < 4.78 is 1.31. The molecule has 0 radical (unpaired) electrons. The second kappa shape index (κ2) is 5.03. The Morgan fingerprint density at radius 2 is 2.16 bits per heavy atom. The number of nitrogens with zero attached hydrogens (tertiary/aromatic N) is 4. The maximum atomic E-state index is 11.0. The van der Waals surface area contributed by atoms with Crippen LogP contribution in [0.1, 0.15) is 22.2 Å². The molecule has 0 aliphatic rings. The van der Waals surface area contributed by atoms with E-state index in [2.05, 4.69) is 9.94 Å². The third kappa shape index (κ3) is 2.28. The number of carbonyl (C=O) groups is 1. The van der Waals surface area contributed by atoms with Crippen molar-refractivity contribution in [1.29, 1.82) is 5.26 Å². The molecule has 1 aromatic heterocycles. The fraction of sp³-hybridized carbons (Fsp3) is 0.0769. The third-order valence-electron chi connectivity index (χ3n) is 2.49. The number of aromatic carboxylic acids is 1. The molecule has 2 aromatic rings. The zero-order valence-electron chi connectivity index (χ0n) is 9.69. The standard InChI is InChI=1S/C13H8N4O2/c1-15-11(8-14)12-7-10(13(18)19)16-17(12)9-5-3-2-4-6-9/h2-7,11H,(H,18,19). The molecule has 0 amide bonds. The SMILES string of the molecule is [C-]#[N+]C(C#N)c1cc(C(=O)O)nn1-c1ccccc1. The summed E-state index contributed by atoms with van der Waals surface area (Å²) in [6, 6.07) is 10.8. The zero-order valence-corrected chi connectivity index (χ0v) is 9.69. The van der Waals surface area contributed by atoms with Crippen LogP contribution in [0, 0.1) is 17.9 Å². The van der Waals surface area contributed by atoms with Crippen LogP contribution in [0.25, 0.3) is 10.5 Å². The summed E-state index contributed by atoms with van der Waals surface area (Å²) >= 11 is 0. The Hall–Kier alpha value is -3.12. The summed E-state index contributed by atoms with van der Waals surface area (Å²) in [5.74, 6) is -1.20. The molecule has 2 rings (SSSR count). The van der Waals surface area contributed by atoms with Gasteiger partial charge in [0.15, 0.2) is 11.8 Å². The quantitative estimate of drug-likeness (QED) is 0.847. The van der Waals surface area contributed by atoms with Crippen molar-refractivity contribution in [3.8, 4) is 11.8 Å². The average molecular weight is 252 g/mol. The van der Waals surface area contributed by atoms with Crippen molar-refractivity contribution in [2.75, 3.05) is 0 Å². The van der Waals surface area contributed by atoms with E-state index in [9.17, 15) is 4.79 Å². The predicted molar refractivity (Wildman–Crippen MR) is 65.5 cm³/mol. The predicted octanol–water partition coefficient (Wildman–Crippen LogP) is 2.05. The molecular formula is C13H8N4O2. The van der Waals surface area contributed by atoms with E-state index >= 15 is 0 Å². The molecule has 1 N–H and O–H groups in total. The highest BCUT2D eigenvalue weighted by molar-refractivity contribution is 5.85. The lowest BCUT2D eigenvalue weighted by Crippen LogP contribution is -2.05. The van der Waals surface area contributed by atoms with Crippen LogP contribution in [0.3, 0.4) is 0 Å². The molecule has 92 valence electrons. The number of carboxylic acids is 1. The minimum absolute atomic E-state index is 0.192. The first kappa shape index (κ1) is 12.3. The molecule has 1 atom stereocenters. The maximum absolute atomic E-state index is 11.0. The number of aromatic nitrogens is 2. The highest BCUT2D eigenvalue weighted by Crippen LogP contribution is 2.21. The summed E-state index contributed by atoms with van der Waals surface area (Å²) in [5.41, 5.74) is 0.665. The molecule has 1 aromatic carbocycles. The summed E-state index contributed by atoms with van der Waals surface area (Å²) in [7, 11) is 0. The molecule has 6 heteroatoms. The Morgan fingerprint density at radius 3 is 2.68 bits per heavy atom. The van der Waals surface area contributed by atoms with E-state index in [1.807, 2.05) is 6.07 Å². The van der Waals surface area contributed by atoms with E-state index < -0.39 is 12.0 Å². The highest BCUT2D eigenvalue weighted by atomic mass is 16.4. The maximum Gasteiger partial charge on any atom is 0.356 e. The van der Waals surface area contributed by atoms with Gasteiger partial charge in [-0.25, -0.2) is 16.0 Å². The van der Waals surface area contributed by atoms with Gasteiger partial charge in [-0.05, 0) is 12.1 Å². The van der Waals surface area contributed by atoms with Gasteiger partial charge in [0.05, 0.1) is 5.69 Å². The Morgan fingerprint density at radius 1 is 1.47 bits per heavy atom. The second-order valence-corrected chi connectivity index (χ2v) is 3.67. The van der Waals surface area contributed by atoms with E-state index in [0.29, 0.717) is 5.69 Å². The fourth-order valence-electron chi connectivity index (χ4n) is 1.63. The van der Waals surface area contributed by atoms with Gasteiger partial charge in [0.25, 0.3) is 0 Å². The summed E-state index contributed by atoms with van der Waals surface area (Å²) in [5, 5.41) is 21.8. The number of hydrogen-bond acceptors (Lipinski definition) is 3. The van der Waals surface area contributed by atoms with Crippen molar-refractivity contribution in [2.24, 2.45) is 0 Å². The lowest BCUT2D eigenvalue weighted by Gasteiger charge is -2.04. The molecule has 1 unspecified atom stereocenters. The number of carboxylic acid groups (broad SMARTS) is 1. The number of rotatable bonds is 3. The van der Waals surface area contributed by atoms with Gasteiger partial charge in [0, 0.05) is 6.07 Å². The number of para-hydroxylation sites is 1. The normalized spacial score (nSPS) is 11.3. The van der Waals surface area contributed by atoms with E-state index in [1.165, 1.54) is 10.7 Å². The van der Waals surface area contributed by atoms with E-state index in [0.717, 1.165) is 0 Å². The molecule has 1 heterocycles. The Labute approximate surface area is 109 Å². The van der Waals surface area contributed by atoms with Crippen molar-refractivity contribution in [2.45, 2.75) is 6.04 Å². The number of nitriles is 1. The van der Waals surface area contributed by atoms with Gasteiger partial charge >= 0.3 is 12.0 Å². The van der Waals surface area contributed by atoms with Crippen LogP contribution in [0.4, 0.5) is 0 Å². The first-order valence-corrected chi connectivity index (χ1v) is 5.32. The van der Waals surface area contributed by atoms with Crippen molar-refractivity contribution in [1.82, 2.24) is 9.78 Å². The van der Waals surface area contributed by atoms with Crippen molar-refractivity contribution in [3.05, 3.63) is 59.2 Å². The smallest absolute Gasteiger partial charge is 0.356 e. The molecule has 6 nitrogen and oxygen atoms in total. The van der Waals surface area contributed by atoms with E-state index in [-0.39, 0.29) is 11.4 Å². The number of hydrogen-bond donors (Lipinski definition) is 1. The van der Waals surface area contributed by atoms with Gasteiger partial charge in [-0.3, -0.25) is 4.85 Å². The molecule has 0 bridgehead atoms. The minimum Gasteiger partial charge on any atom is -0.476 e. The molecule has 0 fully saturated rings. The van der Waals surface area contributed by atoms with E-state index in [4.69, 9.17) is 16.9 Å². The van der Waals surface area contributed by atoms with Gasteiger partial charge in [0.2, 0.25) is 0 Å². The van der Waals surface area contributed by atoms with Gasteiger partial charge in [-0.15, -0.1) is 0 Å². The van der Waals surface area contributed by atoms with Crippen molar-refractivity contribution >= 4 is 5.97 Å². The van der Waals surface area contributed by atoms with Gasteiger partial charge in [-0.2, -0.15) is 10.4 Å². The van der Waals surface area contributed by atoms with Crippen LogP contribution in [-0.4, -0.2) is 20.9 Å². The van der Waals surface area contributed by atoms with Crippen LogP contribution >= 0.6 is 0 Å². The zero-order chi connectivity index (χ0) is 13.8. The average Bonchev–Trinajstić information content (AvgIpc) is 2.86. The van der Waals surface area contributed by atoms with Gasteiger partial charge in [-0.1, -0.05) is 18.2 Å². The molecule has 19 heavy (non-hydrogen) atoms. The molecule has 0 aliphatic heterocycles. The largest absolute Gasteiger partial charge is 0.476 e. The third-order valence-corrected chi connectivity index (χ3v) is 2.49. The van der Waals surface area contributed by atoms with Gasteiger partial charge < -0.3 is 5.11 Å². The van der Waals surface area contributed by atoms with Crippen molar-refractivity contribution < 1.29 is 9.90 Å². The lowest BCUT2D eigenvalue weighted by atomic mass is 10.2. The summed E-state index contributed by atoms with van der Waals surface area (Å²) in [6.07, 6.45) is 0. The summed E-state index contributed by atoms with van der Waals surface area (Å²) in [6.45, 7) is 6.99. The highest BCUT2D eigenvalue weighted by Gasteiger charge is 2.24. The molecule has 0 saturated heterocycles. The van der Waals surface area contributed by atoms with Crippen LogP contribution in [0.5, 0.6) is 0 Å². The van der Waals surface area contributed by atoms with Crippen LogP contribution in [0.2, 0.25) is 0 Å². The topological polar surface area (TPSA) is 83.3 Å². The Kier molecular flexibility index (Phi) is 3.26. The fourth-order valence-corrected chi connectivity index (χ4v) is 1.63. The first-order chi connectivity index (χ1) is 9.17. The monoisotopic (exact) mass is 252 g/mol. The molecule has 0 aliphatic carbocycles. The van der Waals surface area contributed by atoms with Gasteiger partial charge in [0.1, 0.15) is 5.69 Å². The Bertz CT molecular complexity index is 678. The molecular weight excluding hydrogens is 244 g/mol. The number of benzene rings is 1. The molecule has 0 saturated carbocycles. The second-order valence-electron chi connectivity index (χ2n) is 3.67. The molecule has 0 spiro atoms. The first-order valence-electron chi connectivity index (χ1n) is 5.32. The summed E-state index contributed by atoms with van der Waals surface area (Å²) in [4.78, 5) is 14.1. The van der Waals surface area contributed by atoms with Crippen molar-refractivity contribution in [3.63, 3.8) is 0 Å². The van der Waals surface area contributed by atoms with Crippen LogP contribution < -0.4 is 0 Å². The van der Waals surface area contributed by atoms with E-state index in [1.54, 1.807) is 30.3 Å².